The topological polar surface area (TPSA) is 33.0 Å². The molecule has 2 rings (SSSR count). The van der Waals surface area contributed by atoms with Crippen LogP contribution in [0.25, 0.3) is 0 Å². The third-order valence-electron chi connectivity index (χ3n) is 4.36. The first-order chi connectivity index (χ1) is 9.60. The molecule has 1 aliphatic rings. The lowest BCUT2D eigenvalue weighted by atomic mass is 9.76. The molecule has 0 N–H and O–H groups in total. The van der Waals surface area contributed by atoms with E-state index in [9.17, 15) is 0 Å². The molecule has 1 aromatic rings. The second kappa shape index (κ2) is 6.54. The van der Waals surface area contributed by atoms with Gasteiger partial charge in [-0.05, 0) is 55.7 Å². The molecule has 1 saturated carbocycles. The molecule has 20 heavy (non-hydrogen) atoms. The van der Waals surface area contributed by atoms with Crippen LogP contribution in [0.2, 0.25) is 0 Å². The Morgan fingerprint density at radius 3 is 2.30 bits per heavy atom. The minimum atomic E-state index is 0.230. The normalized spacial score (nSPS) is 17.5. The zero-order chi connectivity index (χ0) is 14.6. The molecule has 0 radical (unpaired) electrons. The van der Waals surface area contributed by atoms with E-state index in [0.29, 0.717) is 5.56 Å². The Bertz CT molecular complexity index is 489. The van der Waals surface area contributed by atoms with Gasteiger partial charge < -0.3 is 4.74 Å². The van der Waals surface area contributed by atoms with E-state index >= 15 is 0 Å². The molecule has 0 amide bonds. The molecule has 1 aromatic carbocycles. The highest BCUT2D eigenvalue weighted by molar-refractivity contribution is 7.80. The van der Waals surface area contributed by atoms with Gasteiger partial charge in [0, 0.05) is 5.41 Å². The average Bonchev–Trinajstić information content (AvgIpc) is 2.47. The highest BCUT2D eigenvalue weighted by Crippen LogP contribution is 2.38. The van der Waals surface area contributed by atoms with Crippen LogP contribution in [0.5, 0.6) is 5.75 Å². The first kappa shape index (κ1) is 15.3. The highest BCUT2D eigenvalue weighted by Gasteiger charge is 2.31. The summed E-state index contributed by atoms with van der Waals surface area (Å²) in [6.07, 6.45) is 6.34. The van der Waals surface area contributed by atoms with E-state index in [1.807, 2.05) is 26.0 Å². The summed E-state index contributed by atoms with van der Waals surface area (Å²) in [7, 11) is 0. The summed E-state index contributed by atoms with van der Waals surface area (Å²) in [6, 6.07) is 5.99. The van der Waals surface area contributed by atoms with Crippen LogP contribution < -0.4 is 4.74 Å². The average molecular weight is 289 g/mol. The minimum absolute atomic E-state index is 0.230. The SMILES string of the molecule is Cc1cc(C#N)cc(C)c1OCC1(CS)CCCCC1. The monoisotopic (exact) mass is 289 g/mol. The van der Waals surface area contributed by atoms with Crippen LogP contribution in [0.15, 0.2) is 12.1 Å². The maximum absolute atomic E-state index is 8.99. The lowest BCUT2D eigenvalue weighted by Crippen LogP contribution is -2.33. The molecule has 0 saturated heterocycles. The lowest BCUT2D eigenvalue weighted by Gasteiger charge is -2.36. The number of nitriles is 1. The van der Waals surface area contributed by atoms with E-state index in [4.69, 9.17) is 10.00 Å². The van der Waals surface area contributed by atoms with Crippen LogP contribution in [0.1, 0.15) is 48.8 Å². The second-order valence-corrected chi connectivity index (χ2v) is 6.37. The number of nitrogens with zero attached hydrogens (tertiary/aromatic N) is 1. The van der Waals surface area contributed by atoms with E-state index < -0.39 is 0 Å². The van der Waals surface area contributed by atoms with E-state index in [2.05, 4.69) is 18.7 Å². The Balaban J connectivity index is 2.12. The largest absolute Gasteiger partial charge is 0.492 e. The van der Waals surface area contributed by atoms with Gasteiger partial charge in [-0.15, -0.1) is 0 Å². The molecule has 0 bridgehead atoms. The van der Waals surface area contributed by atoms with Crippen molar-refractivity contribution in [2.75, 3.05) is 12.4 Å². The van der Waals surface area contributed by atoms with Gasteiger partial charge in [-0.3, -0.25) is 0 Å². The Hall–Kier alpha value is -1.14. The van der Waals surface area contributed by atoms with Crippen molar-refractivity contribution < 1.29 is 4.74 Å². The molecular formula is C17H23NOS. The number of thiol groups is 1. The maximum atomic E-state index is 8.99. The smallest absolute Gasteiger partial charge is 0.125 e. The van der Waals surface area contributed by atoms with Crippen LogP contribution in [-0.2, 0) is 0 Å². The Morgan fingerprint density at radius 2 is 1.80 bits per heavy atom. The lowest BCUT2D eigenvalue weighted by molar-refractivity contribution is 0.120. The van der Waals surface area contributed by atoms with Gasteiger partial charge in [0.25, 0.3) is 0 Å². The third-order valence-corrected chi connectivity index (χ3v) is 5.03. The number of ether oxygens (including phenoxy) is 1. The van der Waals surface area contributed by atoms with Crippen molar-refractivity contribution in [3.63, 3.8) is 0 Å². The van der Waals surface area contributed by atoms with Crippen molar-refractivity contribution in [1.29, 1.82) is 5.26 Å². The van der Waals surface area contributed by atoms with Crippen molar-refractivity contribution in [1.82, 2.24) is 0 Å². The molecule has 1 fully saturated rings. The molecule has 2 nitrogen and oxygen atoms in total. The summed E-state index contributed by atoms with van der Waals surface area (Å²) in [4.78, 5) is 0. The number of benzene rings is 1. The van der Waals surface area contributed by atoms with Crippen LogP contribution in [-0.4, -0.2) is 12.4 Å². The van der Waals surface area contributed by atoms with Crippen molar-refractivity contribution in [2.24, 2.45) is 5.41 Å². The number of rotatable bonds is 4. The van der Waals surface area contributed by atoms with Crippen LogP contribution >= 0.6 is 12.6 Å². The number of hydrogen-bond donors (Lipinski definition) is 1. The summed E-state index contributed by atoms with van der Waals surface area (Å²) in [5.74, 6) is 1.83. The summed E-state index contributed by atoms with van der Waals surface area (Å²) < 4.78 is 6.14. The molecule has 0 atom stereocenters. The molecule has 0 aliphatic heterocycles. The second-order valence-electron chi connectivity index (χ2n) is 6.06. The standard InChI is InChI=1S/C17H23NOS/c1-13-8-15(10-18)9-14(2)16(13)19-11-17(12-20)6-4-3-5-7-17/h8-9,20H,3-7,11-12H2,1-2H3. The van der Waals surface area contributed by atoms with Gasteiger partial charge in [-0.2, -0.15) is 17.9 Å². The predicted octanol–water partition coefficient (Wildman–Crippen LogP) is 4.43. The van der Waals surface area contributed by atoms with Crippen LogP contribution in [0, 0.1) is 30.6 Å². The first-order valence-electron chi connectivity index (χ1n) is 7.35. The van der Waals surface area contributed by atoms with E-state index in [0.717, 1.165) is 29.2 Å². The zero-order valence-electron chi connectivity index (χ0n) is 12.4. The summed E-state index contributed by atoms with van der Waals surface area (Å²) in [5.41, 5.74) is 3.03. The molecule has 3 heteroatoms. The fraction of sp³-hybridized carbons (Fsp3) is 0.588. The van der Waals surface area contributed by atoms with Gasteiger partial charge in [-0.25, -0.2) is 0 Å². The summed E-state index contributed by atoms with van der Waals surface area (Å²) in [5, 5.41) is 8.99. The van der Waals surface area contributed by atoms with E-state index in [-0.39, 0.29) is 5.41 Å². The maximum Gasteiger partial charge on any atom is 0.125 e. The fourth-order valence-electron chi connectivity index (χ4n) is 3.12. The van der Waals surface area contributed by atoms with Crippen molar-refractivity contribution in [3.8, 4) is 11.8 Å². The number of hydrogen-bond acceptors (Lipinski definition) is 3. The molecule has 0 spiro atoms. The van der Waals surface area contributed by atoms with E-state index in [1.165, 1.54) is 32.1 Å². The van der Waals surface area contributed by atoms with Crippen LogP contribution in [0.4, 0.5) is 0 Å². The Kier molecular flexibility index (Phi) is 4.99. The van der Waals surface area contributed by atoms with Gasteiger partial charge in [0.05, 0.1) is 18.2 Å². The molecule has 0 heterocycles. The third kappa shape index (κ3) is 3.30. The minimum Gasteiger partial charge on any atom is -0.492 e. The highest BCUT2D eigenvalue weighted by atomic mass is 32.1. The van der Waals surface area contributed by atoms with Crippen molar-refractivity contribution in [2.45, 2.75) is 46.0 Å². The van der Waals surface area contributed by atoms with Gasteiger partial charge in [0.2, 0.25) is 0 Å². The molecular weight excluding hydrogens is 266 g/mol. The van der Waals surface area contributed by atoms with Gasteiger partial charge in [-0.1, -0.05) is 19.3 Å². The molecule has 0 unspecified atom stereocenters. The van der Waals surface area contributed by atoms with Gasteiger partial charge in [0.15, 0.2) is 0 Å². The molecule has 1 aliphatic carbocycles. The van der Waals surface area contributed by atoms with Gasteiger partial charge >= 0.3 is 0 Å². The predicted molar refractivity (Wildman–Crippen MR) is 85.5 cm³/mol. The quantitative estimate of drug-likeness (QED) is 0.832. The van der Waals surface area contributed by atoms with E-state index in [1.54, 1.807) is 0 Å². The molecule has 108 valence electrons. The van der Waals surface area contributed by atoms with Gasteiger partial charge in [0.1, 0.15) is 5.75 Å². The fourth-order valence-corrected chi connectivity index (χ4v) is 3.53. The Labute approximate surface area is 127 Å². The zero-order valence-corrected chi connectivity index (χ0v) is 13.3. The Morgan fingerprint density at radius 1 is 1.20 bits per heavy atom. The number of aryl methyl sites for hydroxylation is 2. The van der Waals surface area contributed by atoms with Crippen molar-refractivity contribution in [3.05, 3.63) is 28.8 Å². The van der Waals surface area contributed by atoms with Crippen LogP contribution in [0.3, 0.4) is 0 Å². The van der Waals surface area contributed by atoms with Crippen molar-refractivity contribution >= 4 is 12.6 Å². The summed E-state index contributed by atoms with van der Waals surface area (Å²) >= 11 is 4.56. The molecule has 0 aromatic heterocycles. The first-order valence-corrected chi connectivity index (χ1v) is 7.98. The summed E-state index contributed by atoms with van der Waals surface area (Å²) in [6.45, 7) is 4.76.